The number of imidazole rings is 1. The quantitative estimate of drug-likeness (QED) is 0.420. The fourth-order valence-corrected chi connectivity index (χ4v) is 3.39. The molecule has 0 unspecified atom stereocenters. The highest BCUT2D eigenvalue weighted by Crippen LogP contribution is 2.22. The molecule has 0 aliphatic rings. The molecule has 1 atom stereocenters. The van der Waals surface area contributed by atoms with E-state index in [0.717, 1.165) is 27.9 Å². The molecule has 166 valence electrons. The van der Waals surface area contributed by atoms with E-state index in [1.54, 1.807) is 19.3 Å². The number of aliphatic hydroxyl groups is 1. The van der Waals surface area contributed by atoms with Crippen LogP contribution in [0.5, 0.6) is 0 Å². The largest absolute Gasteiger partial charge is 0.481 e. The Morgan fingerprint density at radius 1 is 1.09 bits per heavy atom. The summed E-state index contributed by atoms with van der Waals surface area (Å²) in [7, 11) is 0. The molecule has 0 aliphatic heterocycles. The molecule has 0 bridgehead atoms. The number of carbonyl (C=O) groups is 1. The van der Waals surface area contributed by atoms with Gasteiger partial charge in [-0.2, -0.15) is 0 Å². The maximum atomic E-state index is 10.7. The lowest BCUT2D eigenvalue weighted by molar-refractivity contribution is -0.136. The number of benzene rings is 2. The third kappa shape index (κ3) is 5.76. The lowest BCUT2D eigenvalue weighted by Gasteiger charge is -2.07. The second-order valence-corrected chi connectivity index (χ2v) is 7.69. The highest BCUT2D eigenvalue weighted by Gasteiger charge is 2.12. The van der Waals surface area contributed by atoms with Gasteiger partial charge in [0.25, 0.3) is 0 Å². The Kier molecular flexibility index (Phi) is 6.67. The summed E-state index contributed by atoms with van der Waals surface area (Å²) in [6, 6.07) is 17.2. The molecule has 0 aliphatic carbocycles. The molecule has 0 radical (unpaired) electrons. The predicted molar refractivity (Wildman–Crippen MR) is 122 cm³/mol. The Bertz CT molecular complexity index is 1290. The van der Waals surface area contributed by atoms with Gasteiger partial charge in [-0.3, -0.25) is 4.79 Å². The molecular weight excluding hydrogens is 418 g/mol. The minimum atomic E-state index is -0.799. The van der Waals surface area contributed by atoms with E-state index in [2.05, 4.69) is 22.0 Å². The van der Waals surface area contributed by atoms with Crippen LogP contribution in [-0.4, -0.2) is 30.9 Å². The van der Waals surface area contributed by atoms with Gasteiger partial charge < -0.3 is 19.3 Å². The molecule has 2 aromatic carbocycles. The number of aromatic nitrogens is 3. The fraction of sp³-hybridized carbons (Fsp3) is 0.192. The van der Waals surface area contributed by atoms with Crippen LogP contribution in [0.4, 0.5) is 0 Å². The first kappa shape index (κ1) is 22.1. The van der Waals surface area contributed by atoms with Crippen LogP contribution in [0.1, 0.15) is 47.7 Å². The molecule has 7 nitrogen and oxygen atoms in total. The van der Waals surface area contributed by atoms with Crippen molar-refractivity contribution < 1.29 is 19.5 Å². The Morgan fingerprint density at radius 2 is 1.76 bits per heavy atom. The average Bonchev–Trinajstić information content (AvgIpc) is 3.47. The normalized spacial score (nSPS) is 11.6. The monoisotopic (exact) mass is 441 g/mol. The molecule has 0 fully saturated rings. The van der Waals surface area contributed by atoms with E-state index in [-0.39, 0.29) is 6.42 Å². The van der Waals surface area contributed by atoms with E-state index in [1.807, 2.05) is 59.2 Å². The summed E-state index contributed by atoms with van der Waals surface area (Å²) in [5.74, 6) is 6.70. The second kappa shape index (κ2) is 9.98. The van der Waals surface area contributed by atoms with Gasteiger partial charge in [0, 0.05) is 41.6 Å². The van der Waals surface area contributed by atoms with E-state index < -0.39 is 12.1 Å². The number of aryl methyl sites for hydroxylation is 1. The van der Waals surface area contributed by atoms with Crippen LogP contribution in [-0.2, 0) is 17.8 Å². The van der Waals surface area contributed by atoms with E-state index in [4.69, 9.17) is 9.63 Å². The van der Waals surface area contributed by atoms with Crippen molar-refractivity contribution in [1.29, 1.82) is 0 Å². The van der Waals surface area contributed by atoms with Gasteiger partial charge in [0.1, 0.15) is 17.6 Å². The summed E-state index contributed by atoms with van der Waals surface area (Å²) in [6.07, 6.45) is 3.42. The van der Waals surface area contributed by atoms with Crippen molar-refractivity contribution in [3.05, 3.63) is 95.2 Å². The van der Waals surface area contributed by atoms with Crippen LogP contribution in [0.25, 0.3) is 11.3 Å². The van der Waals surface area contributed by atoms with Crippen molar-refractivity contribution in [3.63, 3.8) is 0 Å². The summed E-state index contributed by atoms with van der Waals surface area (Å²) < 4.78 is 7.33. The topological polar surface area (TPSA) is 101 Å². The number of nitrogens with zero attached hydrogens (tertiary/aromatic N) is 3. The zero-order chi connectivity index (χ0) is 23.2. The summed E-state index contributed by atoms with van der Waals surface area (Å²) >= 11 is 0. The second-order valence-electron chi connectivity index (χ2n) is 7.69. The maximum Gasteiger partial charge on any atom is 0.303 e. The van der Waals surface area contributed by atoms with Crippen LogP contribution < -0.4 is 0 Å². The number of hydrogen-bond donors (Lipinski definition) is 2. The number of rotatable bonds is 7. The Morgan fingerprint density at radius 3 is 2.39 bits per heavy atom. The molecule has 2 heterocycles. The first-order valence-corrected chi connectivity index (χ1v) is 10.6. The molecule has 0 amide bonds. The van der Waals surface area contributed by atoms with Gasteiger partial charge in [-0.25, -0.2) is 4.98 Å². The number of carboxylic acid groups (broad SMARTS) is 1. The van der Waals surface area contributed by atoms with Crippen molar-refractivity contribution in [1.82, 2.24) is 14.7 Å². The molecule has 0 saturated carbocycles. The molecule has 0 spiro atoms. The molecule has 7 heteroatoms. The highest BCUT2D eigenvalue weighted by atomic mass is 16.5. The number of carboxylic acids is 1. The first-order valence-electron chi connectivity index (χ1n) is 10.6. The molecule has 0 saturated heterocycles. The Balaban J connectivity index is 1.40. The maximum absolute atomic E-state index is 10.7. The van der Waals surface area contributed by atoms with Crippen LogP contribution >= 0.6 is 0 Å². The van der Waals surface area contributed by atoms with Crippen molar-refractivity contribution in [2.24, 2.45) is 0 Å². The van der Waals surface area contributed by atoms with Crippen molar-refractivity contribution in [2.75, 3.05) is 0 Å². The van der Waals surface area contributed by atoms with Gasteiger partial charge >= 0.3 is 5.97 Å². The predicted octanol–water partition coefficient (Wildman–Crippen LogP) is 4.06. The molecule has 33 heavy (non-hydrogen) atoms. The lowest BCUT2D eigenvalue weighted by Crippen LogP contribution is -2.07. The number of aliphatic carboxylic acids is 1. The summed E-state index contributed by atoms with van der Waals surface area (Å²) in [6.45, 7) is 2.14. The van der Waals surface area contributed by atoms with Crippen LogP contribution in [0.3, 0.4) is 0 Å². The Hall–Kier alpha value is -4.15. The molecule has 4 aromatic rings. The van der Waals surface area contributed by atoms with Gasteiger partial charge in [0.05, 0.1) is 6.54 Å². The standard InChI is InChI=1S/C26H23N3O4/c1-18(30)26-27-14-15-29(26)17-23-16-24(33-28-23)22-11-8-21(9-12-22)7-4-19-2-5-20(6-3-19)10-13-25(31)32/h2-3,5-6,8-9,11-12,14-16,18,30H,10,13,17H2,1H3,(H,31,32)/t18-/m0/s1. The zero-order valence-electron chi connectivity index (χ0n) is 18.1. The number of aliphatic hydroxyl groups excluding tert-OH is 1. The third-order valence-electron chi connectivity index (χ3n) is 5.11. The Labute approximate surface area is 191 Å². The lowest BCUT2D eigenvalue weighted by atomic mass is 10.1. The molecular formula is C26H23N3O4. The smallest absolute Gasteiger partial charge is 0.303 e. The average molecular weight is 441 g/mol. The third-order valence-corrected chi connectivity index (χ3v) is 5.11. The van der Waals surface area contributed by atoms with E-state index >= 15 is 0 Å². The first-order chi connectivity index (χ1) is 16.0. The van der Waals surface area contributed by atoms with Gasteiger partial charge in [-0.05, 0) is 55.3 Å². The minimum absolute atomic E-state index is 0.122. The van der Waals surface area contributed by atoms with E-state index in [0.29, 0.717) is 24.6 Å². The van der Waals surface area contributed by atoms with Crippen molar-refractivity contribution >= 4 is 5.97 Å². The van der Waals surface area contributed by atoms with Gasteiger partial charge in [0.2, 0.25) is 0 Å². The highest BCUT2D eigenvalue weighted by molar-refractivity contribution is 5.67. The zero-order valence-corrected chi connectivity index (χ0v) is 18.1. The SMILES string of the molecule is C[C@H](O)c1nccn1Cc1cc(-c2ccc(C#Cc3ccc(CCC(=O)O)cc3)cc2)on1. The number of hydrogen-bond acceptors (Lipinski definition) is 5. The van der Waals surface area contributed by atoms with Crippen molar-refractivity contribution in [2.45, 2.75) is 32.4 Å². The van der Waals surface area contributed by atoms with Gasteiger partial charge in [-0.15, -0.1) is 0 Å². The van der Waals surface area contributed by atoms with Crippen molar-refractivity contribution in [3.8, 4) is 23.2 Å². The van der Waals surface area contributed by atoms with Gasteiger partial charge in [-0.1, -0.05) is 29.1 Å². The molecule has 4 rings (SSSR count). The summed E-state index contributed by atoms with van der Waals surface area (Å²) in [5, 5.41) is 22.7. The summed E-state index contributed by atoms with van der Waals surface area (Å²) in [5.41, 5.74) is 4.35. The van der Waals surface area contributed by atoms with E-state index in [9.17, 15) is 9.90 Å². The molecule has 2 aromatic heterocycles. The molecule has 2 N–H and O–H groups in total. The van der Waals surface area contributed by atoms with Crippen LogP contribution in [0.2, 0.25) is 0 Å². The van der Waals surface area contributed by atoms with Gasteiger partial charge in [0.15, 0.2) is 5.76 Å². The fourth-order valence-electron chi connectivity index (χ4n) is 3.39. The van der Waals surface area contributed by atoms with Crippen LogP contribution in [0.15, 0.2) is 71.5 Å². The van der Waals surface area contributed by atoms with E-state index in [1.165, 1.54) is 0 Å². The van der Waals surface area contributed by atoms with Crippen LogP contribution in [0, 0.1) is 11.8 Å². The minimum Gasteiger partial charge on any atom is -0.481 e. The summed E-state index contributed by atoms with van der Waals surface area (Å²) in [4.78, 5) is 14.8.